The topological polar surface area (TPSA) is 118 Å². The van der Waals surface area contributed by atoms with Crippen LogP contribution in [0.4, 0.5) is 5.69 Å². The number of rotatable bonds is 8. The molecule has 9 nitrogen and oxygen atoms in total. The Morgan fingerprint density at radius 1 is 1.13 bits per heavy atom. The molecule has 10 heteroatoms. The number of hydrogen-bond acceptors (Lipinski definition) is 6. The summed E-state index contributed by atoms with van der Waals surface area (Å²) in [5.74, 6) is -1.59. The number of nitrogens with zero attached hydrogens (tertiary/aromatic N) is 1. The van der Waals surface area contributed by atoms with E-state index in [1.165, 1.54) is 19.4 Å². The summed E-state index contributed by atoms with van der Waals surface area (Å²) in [6, 6.07) is 12.0. The number of carbonyl (C=O) groups is 3. The Kier molecular flexibility index (Phi) is 8.64. The lowest BCUT2D eigenvalue weighted by Crippen LogP contribution is -2.37. The number of carbonyl (C=O) groups excluding carboxylic acids is 3. The number of ether oxygens (including phenoxy) is 2. The third-order valence-electron chi connectivity index (χ3n) is 3.58. The molecule has 0 aliphatic rings. The van der Waals surface area contributed by atoms with Gasteiger partial charge in [-0.25, -0.2) is 5.43 Å². The molecule has 0 heterocycles. The van der Waals surface area contributed by atoms with Gasteiger partial charge in [-0.3, -0.25) is 14.4 Å². The van der Waals surface area contributed by atoms with Crippen LogP contribution in [-0.4, -0.2) is 44.2 Å². The molecule has 0 bridgehead atoms. The zero-order chi connectivity index (χ0) is 21.9. The van der Waals surface area contributed by atoms with Crippen molar-refractivity contribution in [1.29, 1.82) is 0 Å². The Morgan fingerprint density at radius 2 is 1.87 bits per heavy atom. The van der Waals surface area contributed by atoms with Crippen molar-refractivity contribution < 1.29 is 23.9 Å². The number of para-hydroxylation sites is 1. The van der Waals surface area contributed by atoms with Crippen LogP contribution in [0.25, 0.3) is 0 Å². The first-order valence-electron chi connectivity index (χ1n) is 8.91. The van der Waals surface area contributed by atoms with Crippen molar-refractivity contribution in [2.75, 3.05) is 25.6 Å². The molecule has 0 saturated carbocycles. The van der Waals surface area contributed by atoms with Crippen molar-refractivity contribution in [2.24, 2.45) is 5.10 Å². The van der Waals surface area contributed by atoms with Crippen molar-refractivity contribution in [3.63, 3.8) is 0 Å². The highest BCUT2D eigenvalue weighted by Crippen LogP contribution is 2.36. The van der Waals surface area contributed by atoms with E-state index in [0.717, 1.165) is 0 Å². The third kappa shape index (κ3) is 6.78. The van der Waals surface area contributed by atoms with E-state index < -0.39 is 11.8 Å². The molecule has 158 valence electrons. The van der Waals surface area contributed by atoms with Gasteiger partial charge in [0.05, 0.1) is 18.3 Å². The van der Waals surface area contributed by atoms with Gasteiger partial charge in [0.25, 0.3) is 5.91 Å². The first-order valence-corrected chi connectivity index (χ1v) is 9.28. The maximum absolute atomic E-state index is 12.1. The molecule has 2 rings (SSSR count). The normalized spacial score (nSPS) is 10.4. The molecule has 2 aromatic rings. The predicted octanol–water partition coefficient (Wildman–Crippen LogP) is 1.95. The number of methoxy groups -OCH3 is 1. The van der Waals surface area contributed by atoms with Gasteiger partial charge in [-0.05, 0) is 36.8 Å². The van der Waals surface area contributed by atoms with Gasteiger partial charge >= 0.3 is 11.8 Å². The second-order valence-corrected chi connectivity index (χ2v) is 6.20. The number of halogens is 1. The van der Waals surface area contributed by atoms with Gasteiger partial charge < -0.3 is 20.1 Å². The SMILES string of the molecule is CCNC(=O)C(=O)N/N=C\c1cc(Cl)c(OCC(=O)Nc2ccccc2)c(OC)c1. The summed E-state index contributed by atoms with van der Waals surface area (Å²) in [5, 5.41) is 8.93. The van der Waals surface area contributed by atoms with E-state index in [4.69, 9.17) is 21.1 Å². The van der Waals surface area contributed by atoms with Crippen LogP contribution in [0.15, 0.2) is 47.6 Å². The number of likely N-dealkylation sites (N-methyl/N-ethyl adjacent to an activating group) is 1. The van der Waals surface area contributed by atoms with Crippen LogP contribution in [-0.2, 0) is 14.4 Å². The molecule has 0 fully saturated rings. The number of benzene rings is 2. The minimum atomic E-state index is -0.893. The van der Waals surface area contributed by atoms with Gasteiger partial charge in [0.1, 0.15) is 0 Å². The summed E-state index contributed by atoms with van der Waals surface area (Å²) in [4.78, 5) is 34.9. The Morgan fingerprint density at radius 3 is 2.53 bits per heavy atom. The molecule has 0 aliphatic carbocycles. The fourth-order valence-electron chi connectivity index (χ4n) is 2.27. The minimum Gasteiger partial charge on any atom is -0.493 e. The van der Waals surface area contributed by atoms with Crippen molar-refractivity contribution in [3.8, 4) is 11.5 Å². The Labute approximate surface area is 178 Å². The highest BCUT2D eigenvalue weighted by molar-refractivity contribution is 6.35. The Hall–Kier alpha value is -3.59. The highest BCUT2D eigenvalue weighted by atomic mass is 35.5. The first-order chi connectivity index (χ1) is 14.4. The molecule has 3 N–H and O–H groups in total. The van der Waals surface area contributed by atoms with Crippen molar-refractivity contribution in [3.05, 3.63) is 53.1 Å². The fourth-order valence-corrected chi connectivity index (χ4v) is 2.54. The van der Waals surface area contributed by atoms with E-state index in [9.17, 15) is 14.4 Å². The van der Waals surface area contributed by atoms with Crippen LogP contribution < -0.4 is 25.5 Å². The number of nitrogens with one attached hydrogen (secondary N) is 3. The van der Waals surface area contributed by atoms with Crippen LogP contribution in [0.2, 0.25) is 5.02 Å². The van der Waals surface area contributed by atoms with E-state index in [-0.39, 0.29) is 29.0 Å². The molecule has 0 radical (unpaired) electrons. The molecular weight excluding hydrogens is 412 g/mol. The molecule has 2 aromatic carbocycles. The van der Waals surface area contributed by atoms with E-state index in [2.05, 4.69) is 21.2 Å². The standard InChI is InChI=1S/C20H21ClN4O5/c1-3-22-19(27)20(28)25-23-11-13-9-15(21)18(16(10-13)29-2)30-12-17(26)24-14-7-5-4-6-8-14/h4-11H,3,12H2,1-2H3,(H,22,27)(H,24,26)(H,25,28)/b23-11-. The second-order valence-electron chi connectivity index (χ2n) is 5.80. The van der Waals surface area contributed by atoms with Crippen LogP contribution >= 0.6 is 11.6 Å². The van der Waals surface area contributed by atoms with Crippen LogP contribution in [0.5, 0.6) is 11.5 Å². The van der Waals surface area contributed by atoms with Crippen LogP contribution in [0.3, 0.4) is 0 Å². The number of amides is 3. The molecule has 0 saturated heterocycles. The van der Waals surface area contributed by atoms with Crippen LogP contribution in [0, 0.1) is 0 Å². The summed E-state index contributed by atoms with van der Waals surface area (Å²) < 4.78 is 10.8. The molecule has 0 spiro atoms. The lowest BCUT2D eigenvalue weighted by atomic mass is 10.2. The summed E-state index contributed by atoms with van der Waals surface area (Å²) in [6.07, 6.45) is 1.29. The third-order valence-corrected chi connectivity index (χ3v) is 3.86. The quantitative estimate of drug-likeness (QED) is 0.335. The number of hydrazone groups is 1. The monoisotopic (exact) mass is 432 g/mol. The summed E-state index contributed by atoms with van der Waals surface area (Å²) in [6.45, 7) is 1.74. The highest BCUT2D eigenvalue weighted by Gasteiger charge is 2.14. The Bertz CT molecular complexity index is 934. The minimum absolute atomic E-state index is 0.179. The largest absolute Gasteiger partial charge is 0.493 e. The maximum atomic E-state index is 12.1. The lowest BCUT2D eigenvalue weighted by molar-refractivity contribution is -0.139. The second kappa shape index (κ2) is 11.4. The molecule has 0 aromatic heterocycles. The zero-order valence-corrected chi connectivity index (χ0v) is 17.2. The van der Waals surface area contributed by atoms with Gasteiger partial charge in [0.2, 0.25) is 0 Å². The molecule has 3 amide bonds. The lowest BCUT2D eigenvalue weighted by Gasteiger charge is -2.13. The Balaban J connectivity index is 2.01. The van der Waals surface area contributed by atoms with E-state index in [0.29, 0.717) is 17.8 Å². The molecule has 0 atom stereocenters. The van der Waals surface area contributed by atoms with Gasteiger partial charge in [-0.2, -0.15) is 5.10 Å². The summed E-state index contributed by atoms with van der Waals surface area (Å²) in [7, 11) is 1.42. The van der Waals surface area contributed by atoms with Gasteiger partial charge in [0, 0.05) is 12.2 Å². The van der Waals surface area contributed by atoms with E-state index >= 15 is 0 Å². The molecular formula is C20H21ClN4O5. The van der Waals surface area contributed by atoms with Gasteiger partial charge in [-0.1, -0.05) is 29.8 Å². The van der Waals surface area contributed by atoms with E-state index in [1.807, 2.05) is 6.07 Å². The zero-order valence-electron chi connectivity index (χ0n) is 16.4. The van der Waals surface area contributed by atoms with Crippen molar-refractivity contribution in [2.45, 2.75) is 6.92 Å². The average Bonchev–Trinajstić information content (AvgIpc) is 2.73. The average molecular weight is 433 g/mol. The summed E-state index contributed by atoms with van der Waals surface area (Å²) in [5.41, 5.74) is 3.23. The predicted molar refractivity (Wildman–Crippen MR) is 113 cm³/mol. The first kappa shape index (κ1) is 22.7. The maximum Gasteiger partial charge on any atom is 0.329 e. The molecule has 0 unspecified atom stereocenters. The smallest absolute Gasteiger partial charge is 0.329 e. The van der Waals surface area contributed by atoms with Crippen LogP contribution in [0.1, 0.15) is 12.5 Å². The van der Waals surface area contributed by atoms with Crippen molar-refractivity contribution >= 4 is 41.2 Å². The molecule has 0 aliphatic heterocycles. The van der Waals surface area contributed by atoms with Crippen molar-refractivity contribution in [1.82, 2.24) is 10.7 Å². The van der Waals surface area contributed by atoms with Gasteiger partial charge in [-0.15, -0.1) is 0 Å². The number of hydrogen-bond donors (Lipinski definition) is 3. The molecule has 30 heavy (non-hydrogen) atoms. The fraction of sp³-hybridized carbons (Fsp3) is 0.200. The van der Waals surface area contributed by atoms with Gasteiger partial charge in [0.15, 0.2) is 18.1 Å². The summed E-state index contributed by atoms with van der Waals surface area (Å²) >= 11 is 6.24. The van der Waals surface area contributed by atoms with E-state index in [1.54, 1.807) is 37.3 Å². The number of anilines is 1.